The van der Waals surface area contributed by atoms with Crippen LogP contribution in [0.15, 0.2) is 24.3 Å². The molecule has 0 aliphatic heterocycles. The van der Waals surface area contributed by atoms with Crippen molar-refractivity contribution in [1.29, 1.82) is 5.26 Å². The number of hydrogen-bond acceptors (Lipinski definition) is 3. The molecule has 2 N–H and O–H groups in total. The molecule has 1 aromatic rings. The molecule has 1 rings (SSSR count). The van der Waals surface area contributed by atoms with Gasteiger partial charge in [-0.05, 0) is 36.8 Å². The Labute approximate surface area is 120 Å². The van der Waals surface area contributed by atoms with Gasteiger partial charge in [-0.3, -0.25) is 4.79 Å². The zero-order chi connectivity index (χ0) is 15.0. The number of aliphatic hydroxyl groups excluding tert-OH is 1. The van der Waals surface area contributed by atoms with Crippen LogP contribution in [0.3, 0.4) is 0 Å². The van der Waals surface area contributed by atoms with Gasteiger partial charge in [-0.15, -0.1) is 0 Å². The molecule has 0 saturated heterocycles. The first-order chi connectivity index (χ1) is 9.58. The number of amides is 1. The van der Waals surface area contributed by atoms with Crippen molar-refractivity contribution in [2.45, 2.75) is 26.7 Å². The number of carbonyl (C=O) groups excluding carboxylic acids is 1. The van der Waals surface area contributed by atoms with E-state index in [-0.39, 0.29) is 18.4 Å². The van der Waals surface area contributed by atoms with Gasteiger partial charge in [-0.25, -0.2) is 0 Å². The molecule has 0 bridgehead atoms. The Morgan fingerprint density at radius 2 is 2.10 bits per heavy atom. The van der Waals surface area contributed by atoms with Crippen molar-refractivity contribution in [2.75, 3.05) is 13.2 Å². The van der Waals surface area contributed by atoms with Crippen LogP contribution in [0.4, 0.5) is 0 Å². The van der Waals surface area contributed by atoms with Crippen LogP contribution in [0.2, 0.25) is 0 Å². The summed E-state index contributed by atoms with van der Waals surface area (Å²) in [6, 6.07) is 8.79. The molecule has 1 aromatic carbocycles. The summed E-state index contributed by atoms with van der Waals surface area (Å²) < 4.78 is 0. The molecule has 4 heteroatoms. The fraction of sp³-hybridized carbons (Fsp3) is 0.500. The third kappa shape index (κ3) is 5.02. The van der Waals surface area contributed by atoms with Crippen molar-refractivity contribution in [3.05, 3.63) is 35.4 Å². The van der Waals surface area contributed by atoms with Crippen molar-refractivity contribution in [2.24, 2.45) is 11.8 Å². The van der Waals surface area contributed by atoms with E-state index in [9.17, 15) is 4.79 Å². The highest BCUT2D eigenvalue weighted by Gasteiger charge is 2.14. The van der Waals surface area contributed by atoms with Crippen molar-refractivity contribution in [1.82, 2.24) is 5.32 Å². The second-order valence-electron chi connectivity index (χ2n) is 5.38. The minimum atomic E-state index is -0.228. The molecule has 0 fully saturated rings. The van der Waals surface area contributed by atoms with E-state index in [1.807, 2.05) is 6.07 Å². The van der Waals surface area contributed by atoms with E-state index < -0.39 is 0 Å². The molecule has 0 heterocycles. The summed E-state index contributed by atoms with van der Waals surface area (Å²) in [6.07, 6.45) is 1.64. The maximum atomic E-state index is 12.1. The highest BCUT2D eigenvalue weighted by molar-refractivity contribution is 5.96. The molecular formula is C16H22N2O2. The maximum Gasteiger partial charge on any atom is 0.252 e. The van der Waals surface area contributed by atoms with E-state index in [4.69, 9.17) is 10.4 Å². The molecule has 0 spiro atoms. The van der Waals surface area contributed by atoms with Gasteiger partial charge in [0.05, 0.1) is 17.2 Å². The fourth-order valence-corrected chi connectivity index (χ4v) is 2.26. The van der Waals surface area contributed by atoms with Crippen LogP contribution < -0.4 is 5.32 Å². The smallest absolute Gasteiger partial charge is 0.252 e. The molecule has 0 radical (unpaired) electrons. The Morgan fingerprint density at radius 1 is 1.40 bits per heavy atom. The third-order valence-electron chi connectivity index (χ3n) is 3.19. The SMILES string of the molecule is CC(C)CC(CCO)CNC(=O)c1ccccc1C#N. The molecule has 0 saturated carbocycles. The summed E-state index contributed by atoms with van der Waals surface area (Å²) in [4.78, 5) is 12.1. The number of benzene rings is 1. The van der Waals surface area contributed by atoms with Gasteiger partial charge in [0, 0.05) is 13.2 Å². The Balaban J connectivity index is 2.63. The highest BCUT2D eigenvalue weighted by Crippen LogP contribution is 2.15. The minimum absolute atomic E-state index is 0.127. The standard InChI is InChI=1S/C16H22N2O2/c1-12(2)9-13(7-8-19)11-18-16(20)15-6-4-3-5-14(15)10-17/h3-6,12-13,19H,7-9,11H2,1-2H3,(H,18,20). The van der Waals surface area contributed by atoms with Crippen LogP contribution in [0, 0.1) is 23.2 Å². The molecule has 108 valence electrons. The average molecular weight is 274 g/mol. The first kappa shape index (κ1) is 16.2. The number of aliphatic hydroxyl groups is 1. The second kappa shape index (κ2) is 8.34. The number of rotatable bonds is 7. The van der Waals surface area contributed by atoms with Crippen LogP contribution in [0.25, 0.3) is 0 Å². The quantitative estimate of drug-likeness (QED) is 0.801. The number of nitrogens with one attached hydrogen (secondary N) is 1. The number of nitriles is 1. The molecule has 20 heavy (non-hydrogen) atoms. The van der Waals surface area contributed by atoms with Gasteiger partial charge in [0.25, 0.3) is 5.91 Å². The van der Waals surface area contributed by atoms with Gasteiger partial charge in [-0.2, -0.15) is 5.26 Å². The lowest BCUT2D eigenvalue weighted by atomic mass is 9.94. The first-order valence-electron chi connectivity index (χ1n) is 6.96. The topological polar surface area (TPSA) is 73.1 Å². The van der Waals surface area contributed by atoms with E-state index in [1.165, 1.54) is 0 Å². The van der Waals surface area contributed by atoms with Crippen LogP contribution in [-0.4, -0.2) is 24.2 Å². The Morgan fingerprint density at radius 3 is 2.70 bits per heavy atom. The molecule has 1 amide bonds. The minimum Gasteiger partial charge on any atom is -0.396 e. The van der Waals surface area contributed by atoms with Crippen molar-refractivity contribution >= 4 is 5.91 Å². The fourth-order valence-electron chi connectivity index (χ4n) is 2.26. The number of hydrogen-bond donors (Lipinski definition) is 2. The summed E-state index contributed by atoms with van der Waals surface area (Å²) in [7, 11) is 0. The van der Waals surface area contributed by atoms with Gasteiger partial charge in [-0.1, -0.05) is 26.0 Å². The zero-order valence-electron chi connectivity index (χ0n) is 12.1. The van der Waals surface area contributed by atoms with Crippen molar-refractivity contribution < 1.29 is 9.90 Å². The number of nitrogens with zero attached hydrogens (tertiary/aromatic N) is 1. The third-order valence-corrected chi connectivity index (χ3v) is 3.19. The largest absolute Gasteiger partial charge is 0.396 e. The molecule has 0 aliphatic carbocycles. The zero-order valence-corrected chi connectivity index (χ0v) is 12.1. The van der Waals surface area contributed by atoms with E-state index in [1.54, 1.807) is 24.3 Å². The van der Waals surface area contributed by atoms with E-state index in [0.717, 1.165) is 6.42 Å². The maximum absolute atomic E-state index is 12.1. The second-order valence-corrected chi connectivity index (χ2v) is 5.38. The predicted molar refractivity (Wildman–Crippen MR) is 78.1 cm³/mol. The van der Waals surface area contributed by atoms with Gasteiger partial charge in [0.1, 0.15) is 0 Å². The van der Waals surface area contributed by atoms with Crippen molar-refractivity contribution in [3.63, 3.8) is 0 Å². The average Bonchev–Trinajstić information content (AvgIpc) is 2.44. The summed E-state index contributed by atoms with van der Waals surface area (Å²) >= 11 is 0. The van der Waals surface area contributed by atoms with Crippen LogP contribution in [0.5, 0.6) is 0 Å². The summed E-state index contributed by atoms with van der Waals surface area (Å²) in [5.41, 5.74) is 0.787. The van der Waals surface area contributed by atoms with Gasteiger partial charge >= 0.3 is 0 Å². The summed E-state index contributed by atoms with van der Waals surface area (Å²) in [6.45, 7) is 4.90. The Kier molecular flexibility index (Phi) is 6.75. The van der Waals surface area contributed by atoms with Crippen LogP contribution in [0.1, 0.15) is 42.6 Å². The Hall–Kier alpha value is -1.86. The van der Waals surface area contributed by atoms with E-state index in [2.05, 4.69) is 19.2 Å². The first-order valence-corrected chi connectivity index (χ1v) is 6.96. The molecule has 1 atom stereocenters. The molecule has 0 aromatic heterocycles. The van der Waals surface area contributed by atoms with Gasteiger partial charge < -0.3 is 10.4 Å². The lowest BCUT2D eigenvalue weighted by molar-refractivity contribution is 0.0941. The molecule has 0 aliphatic rings. The lowest BCUT2D eigenvalue weighted by Gasteiger charge is -2.18. The molecular weight excluding hydrogens is 252 g/mol. The summed E-state index contributed by atoms with van der Waals surface area (Å²) in [5, 5.41) is 20.9. The number of carbonyl (C=O) groups is 1. The molecule has 1 unspecified atom stereocenters. The van der Waals surface area contributed by atoms with Gasteiger partial charge in [0.2, 0.25) is 0 Å². The predicted octanol–water partition coefficient (Wildman–Crippen LogP) is 2.33. The van der Waals surface area contributed by atoms with E-state index in [0.29, 0.717) is 30.0 Å². The van der Waals surface area contributed by atoms with Gasteiger partial charge in [0.15, 0.2) is 0 Å². The van der Waals surface area contributed by atoms with Crippen molar-refractivity contribution in [3.8, 4) is 6.07 Å². The lowest BCUT2D eigenvalue weighted by Crippen LogP contribution is -2.30. The van der Waals surface area contributed by atoms with Crippen LogP contribution >= 0.6 is 0 Å². The normalized spacial score (nSPS) is 11.9. The molecule has 4 nitrogen and oxygen atoms in total. The summed E-state index contributed by atoms with van der Waals surface area (Å²) in [5.74, 6) is 0.557. The monoisotopic (exact) mass is 274 g/mol. The Bertz CT molecular complexity index is 478. The van der Waals surface area contributed by atoms with E-state index >= 15 is 0 Å². The highest BCUT2D eigenvalue weighted by atomic mass is 16.3. The van der Waals surface area contributed by atoms with Crippen LogP contribution in [-0.2, 0) is 0 Å².